The van der Waals surface area contributed by atoms with Gasteiger partial charge in [0.1, 0.15) is 0 Å². The summed E-state index contributed by atoms with van der Waals surface area (Å²) in [5, 5.41) is 8.74. The molecule has 5 heteroatoms. The summed E-state index contributed by atoms with van der Waals surface area (Å²) in [6.45, 7) is 9.51. The van der Waals surface area contributed by atoms with E-state index in [4.69, 9.17) is 0 Å². The maximum Gasteiger partial charge on any atom is 0.252 e. The monoisotopic (exact) mass is 291 g/mol. The van der Waals surface area contributed by atoms with Crippen LogP contribution in [0.2, 0.25) is 0 Å². The van der Waals surface area contributed by atoms with Crippen LogP contribution in [0.5, 0.6) is 0 Å². The van der Waals surface area contributed by atoms with Crippen LogP contribution in [-0.4, -0.2) is 30.1 Å². The van der Waals surface area contributed by atoms with Crippen molar-refractivity contribution in [2.75, 3.05) is 7.05 Å². The maximum atomic E-state index is 12.1. The number of hydrogen-bond acceptors (Lipinski definition) is 3. The smallest absolute Gasteiger partial charge is 0.252 e. The molecule has 0 fully saturated rings. The first-order chi connectivity index (χ1) is 9.54. The summed E-state index contributed by atoms with van der Waals surface area (Å²) in [7, 11) is 1.78. The van der Waals surface area contributed by atoms with Gasteiger partial charge in [0.15, 0.2) is 0 Å². The number of benzene rings is 1. The third-order valence-electron chi connectivity index (χ3n) is 2.95. The fourth-order valence-electron chi connectivity index (χ4n) is 1.60. The number of amides is 2. The second-order valence-electron chi connectivity index (χ2n) is 6.61. The molecule has 0 spiro atoms. The molecule has 0 radical (unpaired) electrons. The predicted octanol–water partition coefficient (Wildman–Crippen LogP) is 1.90. The summed E-state index contributed by atoms with van der Waals surface area (Å²) in [4.78, 5) is 24.1. The van der Waals surface area contributed by atoms with Crippen LogP contribution in [-0.2, 0) is 0 Å². The minimum absolute atomic E-state index is 0.148. The van der Waals surface area contributed by atoms with Crippen molar-refractivity contribution in [3.63, 3.8) is 0 Å². The molecule has 0 aliphatic carbocycles. The number of nitrogens with one attached hydrogen (secondary N) is 3. The molecule has 0 saturated carbocycles. The molecular formula is C16H25N3O2. The Balaban J connectivity index is 2.79. The van der Waals surface area contributed by atoms with Gasteiger partial charge in [-0.05, 0) is 65.9 Å². The van der Waals surface area contributed by atoms with Crippen molar-refractivity contribution in [2.24, 2.45) is 0 Å². The van der Waals surface area contributed by atoms with E-state index in [1.807, 2.05) is 34.6 Å². The number of rotatable bonds is 4. The van der Waals surface area contributed by atoms with E-state index in [0.717, 1.165) is 0 Å². The number of hydrogen-bond donors (Lipinski definition) is 3. The molecule has 1 aromatic rings. The highest BCUT2D eigenvalue weighted by Crippen LogP contribution is 2.08. The Bertz CT molecular complexity index is 513. The molecule has 3 N–H and O–H groups in total. The molecule has 116 valence electrons. The number of carbonyl (C=O) groups is 2. The van der Waals surface area contributed by atoms with Gasteiger partial charge in [0.05, 0.1) is 5.66 Å². The molecule has 5 nitrogen and oxygen atoms in total. The van der Waals surface area contributed by atoms with Crippen molar-refractivity contribution < 1.29 is 9.59 Å². The predicted molar refractivity (Wildman–Crippen MR) is 84.3 cm³/mol. The van der Waals surface area contributed by atoms with E-state index in [1.54, 1.807) is 31.3 Å². The lowest BCUT2D eigenvalue weighted by atomic mass is 10.1. The van der Waals surface area contributed by atoms with Crippen LogP contribution < -0.4 is 16.0 Å². The Kier molecular flexibility index (Phi) is 5.12. The molecule has 0 unspecified atom stereocenters. The van der Waals surface area contributed by atoms with Gasteiger partial charge in [-0.15, -0.1) is 0 Å². The average Bonchev–Trinajstić information content (AvgIpc) is 2.36. The first kappa shape index (κ1) is 17.2. The molecule has 0 atom stereocenters. The molecule has 0 aliphatic rings. The Morgan fingerprint density at radius 3 is 1.52 bits per heavy atom. The van der Waals surface area contributed by atoms with Gasteiger partial charge in [-0.25, -0.2) is 0 Å². The van der Waals surface area contributed by atoms with Gasteiger partial charge in [-0.2, -0.15) is 0 Å². The summed E-state index contributed by atoms with van der Waals surface area (Å²) in [5.41, 5.74) is 0.281. The third-order valence-corrected chi connectivity index (χ3v) is 2.95. The highest BCUT2D eigenvalue weighted by molar-refractivity contribution is 5.98. The molecular weight excluding hydrogens is 266 g/mol. The lowest BCUT2D eigenvalue weighted by Crippen LogP contribution is -2.52. The minimum Gasteiger partial charge on any atom is -0.347 e. The fourth-order valence-corrected chi connectivity index (χ4v) is 1.60. The van der Waals surface area contributed by atoms with Crippen molar-refractivity contribution in [1.82, 2.24) is 16.0 Å². The second-order valence-corrected chi connectivity index (χ2v) is 6.61. The van der Waals surface area contributed by atoms with E-state index in [9.17, 15) is 9.59 Å². The van der Waals surface area contributed by atoms with Gasteiger partial charge < -0.3 is 10.6 Å². The Morgan fingerprint density at radius 2 is 1.19 bits per heavy atom. The van der Waals surface area contributed by atoms with Gasteiger partial charge in [-0.1, -0.05) is 0 Å². The normalized spacial score (nSPS) is 11.9. The standard InChI is InChI=1S/C16H25N3O2/c1-15(2,3)18-13(20)11-7-9-12(10-8-11)14(21)19-16(4,5)17-6/h7-10,17H,1-6H3,(H,18,20)(H,19,21). The molecule has 0 saturated heterocycles. The zero-order valence-electron chi connectivity index (χ0n) is 13.6. The summed E-state index contributed by atoms with van der Waals surface area (Å²) < 4.78 is 0. The van der Waals surface area contributed by atoms with Crippen LogP contribution in [0.1, 0.15) is 55.3 Å². The molecule has 0 heterocycles. The van der Waals surface area contributed by atoms with Crippen LogP contribution in [0.3, 0.4) is 0 Å². The zero-order valence-corrected chi connectivity index (χ0v) is 13.6. The number of carbonyl (C=O) groups excluding carboxylic acids is 2. The molecule has 0 aliphatic heterocycles. The van der Waals surface area contributed by atoms with Crippen molar-refractivity contribution in [3.05, 3.63) is 35.4 Å². The maximum absolute atomic E-state index is 12.1. The van der Waals surface area contributed by atoms with Crippen LogP contribution in [0.15, 0.2) is 24.3 Å². The molecule has 0 aromatic heterocycles. The first-order valence-corrected chi connectivity index (χ1v) is 6.98. The van der Waals surface area contributed by atoms with Gasteiger partial charge >= 0.3 is 0 Å². The van der Waals surface area contributed by atoms with Crippen LogP contribution in [0.25, 0.3) is 0 Å². The summed E-state index contributed by atoms with van der Waals surface area (Å²) >= 11 is 0. The summed E-state index contributed by atoms with van der Waals surface area (Å²) in [6.07, 6.45) is 0. The van der Waals surface area contributed by atoms with Crippen LogP contribution >= 0.6 is 0 Å². The van der Waals surface area contributed by atoms with Gasteiger partial charge in [-0.3, -0.25) is 14.9 Å². The molecule has 1 rings (SSSR count). The Labute approximate surface area is 126 Å². The van der Waals surface area contributed by atoms with Gasteiger partial charge in [0.2, 0.25) is 0 Å². The molecule has 21 heavy (non-hydrogen) atoms. The Morgan fingerprint density at radius 1 is 0.810 bits per heavy atom. The molecule has 0 bridgehead atoms. The van der Waals surface area contributed by atoms with E-state index in [2.05, 4.69) is 16.0 Å². The highest BCUT2D eigenvalue weighted by atomic mass is 16.2. The average molecular weight is 291 g/mol. The van der Waals surface area contributed by atoms with E-state index in [0.29, 0.717) is 11.1 Å². The van der Waals surface area contributed by atoms with Crippen LogP contribution in [0, 0.1) is 0 Å². The minimum atomic E-state index is -0.487. The fraction of sp³-hybridized carbons (Fsp3) is 0.500. The largest absolute Gasteiger partial charge is 0.347 e. The van der Waals surface area contributed by atoms with Crippen molar-refractivity contribution >= 4 is 11.8 Å². The topological polar surface area (TPSA) is 70.2 Å². The van der Waals surface area contributed by atoms with Crippen LogP contribution in [0.4, 0.5) is 0 Å². The van der Waals surface area contributed by atoms with E-state index >= 15 is 0 Å². The third kappa shape index (κ3) is 5.55. The Hall–Kier alpha value is -1.88. The first-order valence-electron chi connectivity index (χ1n) is 6.98. The van der Waals surface area contributed by atoms with Gasteiger partial charge in [0, 0.05) is 16.7 Å². The van der Waals surface area contributed by atoms with Crippen molar-refractivity contribution in [2.45, 2.75) is 45.8 Å². The zero-order chi connectivity index (χ0) is 16.3. The van der Waals surface area contributed by atoms with E-state index in [-0.39, 0.29) is 17.4 Å². The summed E-state index contributed by atoms with van der Waals surface area (Å²) in [5.74, 6) is -0.331. The highest BCUT2D eigenvalue weighted by Gasteiger charge is 2.19. The molecule has 2 amide bonds. The SMILES string of the molecule is CNC(C)(C)NC(=O)c1ccc(C(=O)NC(C)(C)C)cc1. The van der Waals surface area contributed by atoms with Crippen molar-refractivity contribution in [3.8, 4) is 0 Å². The summed E-state index contributed by atoms with van der Waals surface area (Å²) in [6, 6.07) is 6.61. The second kappa shape index (κ2) is 6.26. The van der Waals surface area contributed by atoms with Crippen molar-refractivity contribution in [1.29, 1.82) is 0 Å². The van der Waals surface area contributed by atoms with E-state index < -0.39 is 5.66 Å². The quantitative estimate of drug-likeness (QED) is 0.742. The lowest BCUT2D eigenvalue weighted by Gasteiger charge is -2.25. The lowest BCUT2D eigenvalue weighted by molar-refractivity contribution is 0.0894. The molecule has 1 aromatic carbocycles. The van der Waals surface area contributed by atoms with E-state index in [1.165, 1.54) is 0 Å². The van der Waals surface area contributed by atoms with Gasteiger partial charge in [0.25, 0.3) is 11.8 Å².